The monoisotopic (exact) mass is 343 g/mol. The first kappa shape index (κ1) is 17.6. The summed E-state index contributed by atoms with van der Waals surface area (Å²) >= 11 is 0. The Bertz CT molecular complexity index is 845. The molecule has 0 N–H and O–H groups in total. The molecule has 0 heterocycles. The molecule has 1 saturated carbocycles. The molecule has 26 heavy (non-hydrogen) atoms. The average molecular weight is 344 g/mol. The van der Waals surface area contributed by atoms with Crippen LogP contribution in [-0.4, -0.2) is 0 Å². The van der Waals surface area contributed by atoms with Crippen LogP contribution in [0.2, 0.25) is 0 Å². The Morgan fingerprint density at radius 3 is 1.96 bits per heavy atom. The molecule has 0 unspecified atom stereocenters. The lowest BCUT2D eigenvalue weighted by Crippen LogP contribution is -2.16. The van der Waals surface area contributed by atoms with E-state index < -0.39 is 0 Å². The van der Waals surface area contributed by atoms with Crippen LogP contribution < -0.4 is 0 Å². The van der Waals surface area contributed by atoms with Crippen LogP contribution in [0.1, 0.15) is 76.6 Å². The average Bonchev–Trinajstić information content (AvgIpc) is 3.31. The molecule has 1 fully saturated rings. The number of fused-ring (bicyclic) bond motifs is 1. The van der Waals surface area contributed by atoms with Crippen LogP contribution >= 0.6 is 0 Å². The van der Waals surface area contributed by atoms with E-state index in [2.05, 4.69) is 90.4 Å². The third-order valence-corrected chi connectivity index (χ3v) is 5.80. The molecule has 0 nitrogen and oxygen atoms in total. The van der Waals surface area contributed by atoms with Crippen molar-refractivity contribution in [3.8, 4) is 11.1 Å². The van der Waals surface area contributed by atoms with Gasteiger partial charge in [-0.15, -0.1) is 0 Å². The Labute approximate surface area is 159 Å². The van der Waals surface area contributed by atoms with Crippen LogP contribution in [0.4, 0.5) is 0 Å². The van der Waals surface area contributed by atoms with E-state index in [1.807, 2.05) is 0 Å². The topological polar surface area (TPSA) is 0 Å². The fourth-order valence-corrected chi connectivity index (χ4v) is 3.81. The lowest BCUT2D eigenvalue weighted by Gasteiger charge is -2.26. The molecule has 1 radical (unpaired) electrons. The molecular formula is C26H31. The predicted molar refractivity (Wildman–Crippen MR) is 113 cm³/mol. The third kappa shape index (κ3) is 3.27. The Kier molecular flexibility index (Phi) is 3.95. The fourth-order valence-electron chi connectivity index (χ4n) is 3.81. The number of hydrogen-bond donors (Lipinski definition) is 0. The maximum absolute atomic E-state index is 2.45. The van der Waals surface area contributed by atoms with Crippen molar-refractivity contribution in [1.29, 1.82) is 0 Å². The second kappa shape index (κ2) is 5.84. The normalized spacial score (nSPS) is 17.2. The molecule has 0 atom stereocenters. The quantitative estimate of drug-likeness (QED) is 0.536. The van der Waals surface area contributed by atoms with Gasteiger partial charge in [0.2, 0.25) is 0 Å². The van der Waals surface area contributed by atoms with Crippen molar-refractivity contribution in [2.75, 3.05) is 0 Å². The molecule has 0 spiro atoms. The summed E-state index contributed by atoms with van der Waals surface area (Å²) < 4.78 is 0. The molecule has 4 rings (SSSR count). The molecule has 2 aliphatic rings. The zero-order valence-electron chi connectivity index (χ0n) is 17.1. The van der Waals surface area contributed by atoms with Gasteiger partial charge in [0.15, 0.2) is 0 Å². The highest BCUT2D eigenvalue weighted by Crippen LogP contribution is 2.46. The van der Waals surface area contributed by atoms with Gasteiger partial charge >= 0.3 is 0 Å². The van der Waals surface area contributed by atoms with Gasteiger partial charge < -0.3 is 0 Å². The Morgan fingerprint density at radius 2 is 1.42 bits per heavy atom. The number of benzene rings is 2. The van der Waals surface area contributed by atoms with E-state index >= 15 is 0 Å². The largest absolute Gasteiger partial charge is 0.0613 e. The minimum atomic E-state index is 0.148. The molecule has 0 amide bonds. The van der Waals surface area contributed by atoms with Gasteiger partial charge in [-0.3, -0.25) is 0 Å². The number of allylic oxidation sites excluding steroid dienone is 1. The summed E-state index contributed by atoms with van der Waals surface area (Å²) in [6, 6.07) is 14.0. The summed E-state index contributed by atoms with van der Waals surface area (Å²) in [4.78, 5) is 0. The van der Waals surface area contributed by atoms with E-state index in [-0.39, 0.29) is 10.8 Å². The van der Waals surface area contributed by atoms with E-state index in [1.165, 1.54) is 51.8 Å². The second-order valence-electron chi connectivity index (χ2n) is 10.2. The molecule has 135 valence electrons. The summed E-state index contributed by atoms with van der Waals surface area (Å²) in [6.45, 7) is 13.9. The van der Waals surface area contributed by atoms with Crippen molar-refractivity contribution >= 4 is 6.08 Å². The van der Waals surface area contributed by atoms with Crippen molar-refractivity contribution in [2.45, 2.75) is 65.2 Å². The first-order valence-electron chi connectivity index (χ1n) is 9.99. The van der Waals surface area contributed by atoms with Gasteiger partial charge in [-0.1, -0.05) is 89.6 Å². The van der Waals surface area contributed by atoms with Gasteiger partial charge in [0.05, 0.1) is 0 Å². The Morgan fingerprint density at radius 1 is 0.808 bits per heavy atom. The maximum atomic E-state index is 2.45. The smallest absolute Gasteiger partial charge is 0.0167 e. The minimum absolute atomic E-state index is 0.148. The van der Waals surface area contributed by atoms with E-state index in [4.69, 9.17) is 0 Å². The molecule has 2 aliphatic carbocycles. The van der Waals surface area contributed by atoms with Gasteiger partial charge in [-0.2, -0.15) is 0 Å². The van der Waals surface area contributed by atoms with Crippen molar-refractivity contribution in [3.63, 3.8) is 0 Å². The molecule has 0 saturated heterocycles. The zero-order chi connectivity index (χ0) is 18.7. The Hall–Kier alpha value is -1.82. The summed E-state index contributed by atoms with van der Waals surface area (Å²) in [5, 5.41) is 0. The molecule has 0 heteroatoms. The second-order valence-corrected chi connectivity index (χ2v) is 10.2. The molecule has 0 bridgehead atoms. The maximum Gasteiger partial charge on any atom is 0.0167 e. The predicted octanol–water partition coefficient (Wildman–Crippen LogP) is 7.31. The highest BCUT2D eigenvalue weighted by molar-refractivity contribution is 5.84. The summed E-state index contributed by atoms with van der Waals surface area (Å²) in [7, 11) is 0. The summed E-state index contributed by atoms with van der Waals surface area (Å²) in [5.41, 5.74) is 10.2. The molecule has 0 aliphatic heterocycles. The van der Waals surface area contributed by atoms with Gasteiger partial charge in [0.25, 0.3) is 0 Å². The van der Waals surface area contributed by atoms with Crippen LogP contribution in [0.15, 0.2) is 42.0 Å². The van der Waals surface area contributed by atoms with Crippen LogP contribution in [0, 0.1) is 12.3 Å². The summed E-state index contributed by atoms with van der Waals surface area (Å²) in [5.74, 6) is 0.807. The zero-order valence-corrected chi connectivity index (χ0v) is 17.1. The molecule has 2 aromatic rings. The van der Waals surface area contributed by atoms with Crippen LogP contribution in [0.3, 0.4) is 0 Å². The van der Waals surface area contributed by atoms with E-state index in [0.717, 1.165) is 5.92 Å². The highest BCUT2D eigenvalue weighted by Gasteiger charge is 2.30. The first-order valence-corrected chi connectivity index (χ1v) is 9.99. The minimum Gasteiger partial charge on any atom is -0.0613 e. The fraction of sp³-hybridized carbons (Fsp3) is 0.423. The van der Waals surface area contributed by atoms with Gasteiger partial charge in [0.1, 0.15) is 0 Å². The van der Waals surface area contributed by atoms with Crippen molar-refractivity contribution in [3.05, 3.63) is 70.6 Å². The van der Waals surface area contributed by atoms with Crippen LogP contribution in [-0.2, 0) is 10.8 Å². The van der Waals surface area contributed by atoms with Gasteiger partial charge in [0, 0.05) is 6.42 Å². The number of hydrogen-bond acceptors (Lipinski definition) is 0. The standard InChI is InChI=1S/C26H31/c1-25(2,3)21-13-20(14-22(16-21)26(4,5)6)23-9-7-8-18-12-19(15-24(18)23)17-10-11-17/h7-9,12-17H,10-11H2,1-6H3. The van der Waals surface area contributed by atoms with Crippen molar-refractivity contribution in [1.82, 2.24) is 0 Å². The SMILES string of the molecule is CC(C)(C)c1cc(-c2cccc3c2C=C(C2CC2)[CH]3)cc(C(C)(C)C)c1. The van der Waals surface area contributed by atoms with Crippen molar-refractivity contribution in [2.24, 2.45) is 5.92 Å². The molecular weight excluding hydrogens is 312 g/mol. The molecule has 2 aromatic carbocycles. The van der Waals surface area contributed by atoms with E-state index in [1.54, 1.807) is 0 Å². The van der Waals surface area contributed by atoms with Crippen LogP contribution in [0.5, 0.6) is 0 Å². The third-order valence-electron chi connectivity index (χ3n) is 5.80. The van der Waals surface area contributed by atoms with Gasteiger partial charge in [-0.25, -0.2) is 0 Å². The Balaban J connectivity index is 1.88. The molecule has 0 aromatic heterocycles. The first-order chi connectivity index (χ1) is 12.1. The van der Waals surface area contributed by atoms with E-state index in [9.17, 15) is 0 Å². The van der Waals surface area contributed by atoms with E-state index in [0.29, 0.717) is 0 Å². The van der Waals surface area contributed by atoms with Gasteiger partial charge in [-0.05, 0) is 63.0 Å². The number of rotatable bonds is 2. The lowest BCUT2D eigenvalue weighted by molar-refractivity contribution is 0.569. The summed E-state index contributed by atoms with van der Waals surface area (Å²) in [6.07, 6.45) is 7.58. The lowest BCUT2D eigenvalue weighted by atomic mass is 9.78. The van der Waals surface area contributed by atoms with Crippen molar-refractivity contribution < 1.29 is 0 Å². The highest BCUT2D eigenvalue weighted by atomic mass is 14.3. The van der Waals surface area contributed by atoms with Crippen LogP contribution in [0.25, 0.3) is 17.2 Å².